The molecule has 1 saturated heterocycles. The lowest BCUT2D eigenvalue weighted by atomic mass is 10.2. The van der Waals surface area contributed by atoms with Gasteiger partial charge in [0.25, 0.3) is 5.91 Å². The lowest BCUT2D eigenvalue weighted by Crippen LogP contribution is -2.49. The van der Waals surface area contributed by atoms with Gasteiger partial charge in [0.05, 0.1) is 10.6 Å². The minimum Gasteiger partial charge on any atom is -0.366 e. The first-order chi connectivity index (χ1) is 12.6. The highest BCUT2D eigenvalue weighted by molar-refractivity contribution is 7.12. The maximum atomic E-state index is 13.8. The summed E-state index contributed by atoms with van der Waals surface area (Å²) in [5.41, 5.74) is 0.593. The Labute approximate surface area is 156 Å². The number of para-hydroxylation sites is 1. The highest BCUT2D eigenvalue weighted by atomic mass is 32.1. The van der Waals surface area contributed by atoms with Crippen molar-refractivity contribution in [3.05, 3.63) is 52.5 Å². The summed E-state index contributed by atoms with van der Waals surface area (Å²) >= 11 is 1.40. The summed E-state index contributed by atoms with van der Waals surface area (Å²) in [6, 6.07) is 10.3. The molecule has 5 nitrogen and oxygen atoms in total. The molecule has 138 valence electrons. The van der Waals surface area contributed by atoms with Crippen molar-refractivity contribution in [1.29, 1.82) is 0 Å². The Hall–Kier alpha value is -2.41. The Morgan fingerprint density at radius 2 is 1.85 bits per heavy atom. The summed E-state index contributed by atoms with van der Waals surface area (Å²) in [5, 5.41) is 4.69. The van der Waals surface area contributed by atoms with Gasteiger partial charge in [-0.2, -0.15) is 0 Å². The number of anilines is 1. The first kappa shape index (κ1) is 18.4. The Balaban J connectivity index is 1.37. The molecule has 1 N–H and O–H groups in total. The molecule has 0 atom stereocenters. The summed E-state index contributed by atoms with van der Waals surface area (Å²) in [5.74, 6) is -0.233. The van der Waals surface area contributed by atoms with Crippen LogP contribution in [0.25, 0.3) is 0 Å². The van der Waals surface area contributed by atoms with Crippen LogP contribution in [0.5, 0.6) is 0 Å². The molecule has 1 aromatic heterocycles. The van der Waals surface area contributed by atoms with Gasteiger partial charge in [-0.05, 0) is 30.0 Å². The molecule has 7 heteroatoms. The van der Waals surface area contributed by atoms with E-state index in [0.29, 0.717) is 56.1 Å². The van der Waals surface area contributed by atoms with Crippen LogP contribution in [-0.2, 0) is 4.79 Å². The number of nitrogens with one attached hydrogen (secondary N) is 1. The third-order valence-electron chi connectivity index (χ3n) is 4.42. The number of benzene rings is 1. The summed E-state index contributed by atoms with van der Waals surface area (Å²) in [6.45, 7) is 2.92. The number of amides is 2. The van der Waals surface area contributed by atoms with Gasteiger partial charge in [0.15, 0.2) is 0 Å². The van der Waals surface area contributed by atoms with Crippen LogP contribution >= 0.6 is 11.3 Å². The maximum Gasteiger partial charge on any atom is 0.261 e. The molecule has 1 aliphatic rings. The predicted molar refractivity (Wildman–Crippen MR) is 101 cm³/mol. The third-order valence-corrected chi connectivity index (χ3v) is 5.29. The zero-order valence-electron chi connectivity index (χ0n) is 14.5. The quantitative estimate of drug-likeness (QED) is 0.790. The van der Waals surface area contributed by atoms with Gasteiger partial charge in [-0.1, -0.05) is 18.2 Å². The second-order valence-electron chi connectivity index (χ2n) is 6.16. The predicted octanol–water partition coefficient (Wildman–Crippen LogP) is 2.75. The van der Waals surface area contributed by atoms with Crippen molar-refractivity contribution in [2.45, 2.75) is 12.8 Å². The van der Waals surface area contributed by atoms with Crippen LogP contribution < -0.4 is 10.2 Å². The molecule has 0 spiro atoms. The van der Waals surface area contributed by atoms with Crippen LogP contribution in [0.4, 0.5) is 10.1 Å². The zero-order valence-corrected chi connectivity index (χ0v) is 15.3. The van der Waals surface area contributed by atoms with Crippen molar-refractivity contribution in [1.82, 2.24) is 10.2 Å². The van der Waals surface area contributed by atoms with E-state index in [1.807, 2.05) is 27.3 Å². The molecule has 0 radical (unpaired) electrons. The normalized spacial score (nSPS) is 14.3. The number of thiophene rings is 1. The second-order valence-corrected chi connectivity index (χ2v) is 7.10. The van der Waals surface area contributed by atoms with Crippen molar-refractivity contribution < 1.29 is 14.0 Å². The summed E-state index contributed by atoms with van der Waals surface area (Å²) in [4.78, 5) is 28.6. The van der Waals surface area contributed by atoms with E-state index in [2.05, 4.69) is 5.32 Å². The highest BCUT2D eigenvalue weighted by Gasteiger charge is 2.22. The van der Waals surface area contributed by atoms with Gasteiger partial charge in [0.2, 0.25) is 5.91 Å². The number of carbonyl (C=O) groups excluding carboxylic acids is 2. The van der Waals surface area contributed by atoms with E-state index in [-0.39, 0.29) is 17.6 Å². The molecule has 2 aromatic rings. The zero-order chi connectivity index (χ0) is 18.4. The summed E-state index contributed by atoms with van der Waals surface area (Å²) < 4.78 is 13.8. The van der Waals surface area contributed by atoms with E-state index in [1.165, 1.54) is 17.4 Å². The molecule has 0 saturated carbocycles. The average Bonchev–Trinajstić information content (AvgIpc) is 3.20. The molecule has 1 aliphatic heterocycles. The molecule has 0 aliphatic carbocycles. The smallest absolute Gasteiger partial charge is 0.261 e. The van der Waals surface area contributed by atoms with Crippen LogP contribution in [0.15, 0.2) is 41.8 Å². The van der Waals surface area contributed by atoms with Crippen molar-refractivity contribution in [2.24, 2.45) is 0 Å². The molecule has 26 heavy (non-hydrogen) atoms. The number of piperazine rings is 1. The number of halogens is 1. The SMILES string of the molecule is O=C(NCCCC(=O)N1CCN(c2ccccc2F)CC1)c1cccs1. The molecule has 0 bridgehead atoms. The highest BCUT2D eigenvalue weighted by Crippen LogP contribution is 2.20. The first-order valence-corrected chi connectivity index (χ1v) is 9.62. The number of hydrogen-bond acceptors (Lipinski definition) is 4. The number of nitrogens with zero attached hydrogens (tertiary/aromatic N) is 2. The molecular weight excluding hydrogens is 353 g/mol. The molecular formula is C19H22FN3O2S. The van der Waals surface area contributed by atoms with Crippen LogP contribution in [0.1, 0.15) is 22.5 Å². The van der Waals surface area contributed by atoms with Gasteiger partial charge in [-0.25, -0.2) is 4.39 Å². The maximum absolute atomic E-state index is 13.8. The van der Waals surface area contributed by atoms with Crippen LogP contribution in [0, 0.1) is 5.82 Å². The van der Waals surface area contributed by atoms with E-state index >= 15 is 0 Å². The minimum absolute atomic E-state index is 0.0866. The monoisotopic (exact) mass is 375 g/mol. The van der Waals surface area contributed by atoms with Gasteiger partial charge in [-0.15, -0.1) is 11.3 Å². The van der Waals surface area contributed by atoms with E-state index < -0.39 is 0 Å². The van der Waals surface area contributed by atoms with Gasteiger partial charge in [0, 0.05) is 39.1 Å². The van der Waals surface area contributed by atoms with Crippen molar-refractivity contribution in [3.63, 3.8) is 0 Å². The summed E-state index contributed by atoms with van der Waals surface area (Å²) in [7, 11) is 0. The molecule has 1 fully saturated rings. The van der Waals surface area contributed by atoms with E-state index in [9.17, 15) is 14.0 Å². The molecule has 3 rings (SSSR count). The number of rotatable bonds is 6. The number of hydrogen-bond donors (Lipinski definition) is 1. The molecule has 1 aromatic carbocycles. The molecule has 2 heterocycles. The fourth-order valence-corrected chi connectivity index (χ4v) is 3.64. The Morgan fingerprint density at radius 3 is 2.54 bits per heavy atom. The Kier molecular flexibility index (Phi) is 6.22. The fourth-order valence-electron chi connectivity index (χ4n) is 3.00. The van der Waals surface area contributed by atoms with Crippen LogP contribution in [0.2, 0.25) is 0 Å². The van der Waals surface area contributed by atoms with Crippen molar-refractivity contribution in [3.8, 4) is 0 Å². The second kappa shape index (κ2) is 8.80. The van der Waals surface area contributed by atoms with E-state index in [4.69, 9.17) is 0 Å². The van der Waals surface area contributed by atoms with Crippen molar-refractivity contribution in [2.75, 3.05) is 37.6 Å². The van der Waals surface area contributed by atoms with E-state index in [0.717, 1.165) is 0 Å². The topological polar surface area (TPSA) is 52.7 Å². The van der Waals surface area contributed by atoms with Gasteiger partial charge in [-0.3, -0.25) is 9.59 Å². The van der Waals surface area contributed by atoms with Gasteiger partial charge < -0.3 is 15.1 Å². The third kappa shape index (κ3) is 4.60. The van der Waals surface area contributed by atoms with Gasteiger partial charge >= 0.3 is 0 Å². The van der Waals surface area contributed by atoms with E-state index in [1.54, 1.807) is 18.2 Å². The number of carbonyl (C=O) groups is 2. The molecule has 2 amide bonds. The standard InChI is InChI=1S/C19H22FN3O2S/c20-15-5-1-2-6-16(15)22-10-12-23(13-11-22)18(24)8-3-9-21-19(25)17-7-4-14-26-17/h1-2,4-7,14H,3,8-13H2,(H,21,25). The van der Waals surface area contributed by atoms with Crippen LogP contribution in [-0.4, -0.2) is 49.4 Å². The lowest BCUT2D eigenvalue weighted by molar-refractivity contribution is -0.131. The first-order valence-electron chi connectivity index (χ1n) is 8.74. The van der Waals surface area contributed by atoms with Crippen LogP contribution in [0.3, 0.4) is 0 Å². The minimum atomic E-state index is -0.228. The fraction of sp³-hybridized carbons (Fsp3) is 0.368. The Morgan fingerprint density at radius 1 is 1.08 bits per heavy atom. The van der Waals surface area contributed by atoms with Gasteiger partial charge in [0.1, 0.15) is 5.82 Å². The summed E-state index contributed by atoms with van der Waals surface area (Å²) in [6.07, 6.45) is 1.02. The van der Waals surface area contributed by atoms with Crippen molar-refractivity contribution >= 4 is 28.8 Å². The largest absolute Gasteiger partial charge is 0.366 e. The lowest BCUT2D eigenvalue weighted by Gasteiger charge is -2.36. The average molecular weight is 375 g/mol. The Bertz CT molecular complexity index is 743. The molecule has 0 unspecified atom stereocenters.